The van der Waals surface area contributed by atoms with Crippen LogP contribution in [-0.2, 0) is 32.3 Å². The highest BCUT2D eigenvalue weighted by Crippen LogP contribution is 2.32. The van der Waals surface area contributed by atoms with Crippen LogP contribution >= 0.6 is 0 Å². The zero-order valence-electron chi connectivity index (χ0n) is 22.4. The standard InChI is InChI=1S/C27H36F3N3O4S/c1-19(2)17-31-26(35)21(4)32(18-22-10-6-9-20(3)15-22)25(34)13-8-14-33(38(5,36)37)24-12-7-11-23(16-24)27(28,29)30/h6-7,9-12,15-16,19,21H,8,13-14,17-18H2,1-5H3,(H,31,35)/t21-/m1/s1. The average Bonchev–Trinajstić information content (AvgIpc) is 2.82. The first kappa shape index (κ1) is 31.1. The highest BCUT2D eigenvalue weighted by Gasteiger charge is 2.32. The van der Waals surface area contributed by atoms with Gasteiger partial charge in [-0.25, -0.2) is 8.42 Å². The Morgan fingerprint density at radius 2 is 1.68 bits per heavy atom. The monoisotopic (exact) mass is 555 g/mol. The molecule has 0 fully saturated rings. The molecule has 0 unspecified atom stereocenters. The van der Waals surface area contributed by atoms with Crippen molar-refractivity contribution in [3.8, 4) is 0 Å². The molecule has 0 spiro atoms. The molecule has 210 valence electrons. The van der Waals surface area contributed by atoms with Crippen LogP contribution in [-0.4, -0.2) is 50.5 Å². The number of amides is 2. The Morgan fingerprint density at radius 1 is 1.03 bits per heavy atom. The maximum atomic E-state index is 13.3. The van der Waals surface area contributed by atoms with E-state index in [-0.39, 0.29) is 49.4 Å². The number of sulfonamides is 1. The van der Waals surface area contributed by atoms with E-state index in [1.54, 1.807) is 6.92 Å². The van der Waals surface area contributed by atoms with Crippen LogP contribution in [0.5, 0.6) is 0 Å². The summed E-state index contributed by atoms with van der Waals surface area (Å²) in [6, 6.07) is 10.8. The van der Waals surface area contributed by atoms with E-state index in [0.29, 0.717) is 6.54 Å². The number of benzene rings is 2. The lowest BCUT2D eigenvalue weighted by Crippen LogP contribution is -2.48. The summed E-state index contributed by atoms with van der Waals surface area (Å²) in [6.07, 6.45) is -3.77. The molecule has 2 aromatic carbocycles. The SMILES string of the molecule is Cc1cccc(CN(C(=O)CCCN(c2cccc(C(F)(F)F)c2)S(C)(=O)=O)[C@H](C)C(=O)NCC(C)C)c1. The molecule has 2 amide bonds. The van der Waals surface area contributed by atoms with E-state index < -0.39 is 27.8 Å². The van der Waals surface area contributed by atoms with Crippen LogP contribution in [0.25, 0.3) is 0 Å². The van der Waals surface area contributed by atoms with Crippen LogP contribution in [0, 0.1) is 12.8 Å². The van der Waals surface area contributed by atoms with Gasteiger partial charge in [0.2, 0.25) is 21.8 Å². The summed E-state index contributed by atoms with van der Waals surface area (Å²) in [5.41, 5.74) is 0.735. The van der Waals surface area contributed by atoms with Crippen molar-refractivity contribution < 1.29 is 31.2 Å². The third-order valence-electron chi connectivity index (χ3n) is 5.90. The zero-order chi connectivity index (χ0) is 28.7. The Bertz CT molecular complexity index is 1220. The minimum atomic E-state index is -4.63. The summed E-state index contributed by atoms with van der Waals surface area (Å²) in [6.45, 7) is 7.90. The second kappa shape index (κ2) is 13.1. The molecule has 0 bridgehead atoms. The minimum absolute atomic E-state index is 0.0484. The van der Waals surface area contributed by atoms with E-state index in [2.05, 4.69) is 5.32 Å². The molecule has 1 N–H and O–H groups in total. The molecule has 0 saturated carbocycles. The van der Waals surface area contributed by atoms with Gasteiger partial charge in [0, 0.05) is 26.1 Å². The van der Waals surface area contributed by atoms with Crippen LogP contribution in [0.1, 0.15) is 50.3 Å². The number of aryl methyl sites for hydroxylation is 1. The van der Waals surface area contributed by atoms with E-state index in [1.807, 2.05) is 45.0 Å². The van der Waals surface area contributed by atoms with Crippen LogP contribution in [0.15, 0.2) is 48.5 Å². The van der Waals surface area contributed by atoms with Gasteiger partial charge in [-0.1, -0.05) is 49.7 Å². The summed E-state index contributed by atoms with van der Waals surface area (Å²) in [7, 11) is -3.92. The number of carbonyl (C=O) groups excluding carboxylic acids is 2. The number of halogens is 3. The number of carbonyl (C=O) groups is 2. The number of nitrogens with one attached hydrogen (secondary N) is 1. The van der Waals surface area contributed by atoms with Gasteiger partial charge >= 0.3 is 6.18 Å². The van der Waals surface area contributed by atoms with Crippen LogP contribution in [0.3, 0.4) is 0 Å². The first-order valence-corrected chi connectivity index (χ1v) is 14.2. The summed E-state index contributed by atoms with van der Waals surface area (Å²) in [4.78, 5) is 27.5. The summed E-state index contributed by atoms with van der Waals surface area (Å²) in [5.74, 6) is -0.442. The molecule has 0 aliphatic rings. The van der Waals surface area contributed by atoms with Crippen LogP contribution < -0.4 is 9.62 Å². The molecule has 7 nitrogen and oxygen atoms in total. The number of anilines is 1. The van der Waals surface area contributed by atoms with Gasteiger partial charge in [-0.3, -0.25) is 13.9 Å². The van der Waals surface area contributed by atoms with Gasteiger partial charge in [0.05, 0.1) is 17.5 Å². The van der Waals surface area contributed by atoms with Gasteiger partial charge in [0.1, 0.15) is 6.04 Å². The predicted molar refractivity (Wildman–Crippen MR) is 142 cm³/mol. The Morgan fingerprint density at radius 3 is 2.26 bits per heavy atom. The zero-order valence-corrected chi connectivity index (χ0v) is 23.2. The number of hydrogen-bond acceptors (Lipinski definition) is 4. The lowest BCUT2D eigenvalue weighted by Gasteiger charge is -2.30. The Balaban J connectivity index is 2.21. The number of hydrogen-bond donors (Lipinski definition) is 1. The fourth-order valence-electron chi connectivity index (χ4n) is 3.88. The maximum Gasteiger partial charge on any atom is 0.416 e. The summed E-state index contributed by atoms with van der Waals surface area (Å²) < 4.78 is 65.2. The Kier molecular flexibility index (Phi) is 10.8. The van der Waals surface area contributed by atoms with Gasteiger partial charge in [-0.15, -0.1) is 0 Å². The second-order valence-electron chi connectivity index (χ2n) is 9.81. The molecule has 11 heteroatoms. The lowest BCUT2D eigenvalue weighted by atomic mass is 10.1. The Labute approximate surface area is 223 Å². The van der Waals surface area contributed by atoms with Crippen LogP contribution in [0.4, 0.5) is 18.9 Å². The average molecular weight is 556 g/mol. The van der Waals surface area contributed by atoms with Crippen molar-refractivity contribution in [3.63, 3.8) is 0 Å². The molecule has 0 aliphatic heterocycles. The molecule has 0 aliphatic carbocycles. The smallest absolute Gasteiger partial charge is 0.354 e. The van der Waals surface area contributed by atoms with Crippen molar-refractivity contribution in [3.05, 3.63) is 65.2 Å². The second-order valence-corrected chi connectivity index (χ2v) is 11.7. The molecule has 2 aromatic rings. The molecule has 0 heterocycles. The van der Waals surface area contributed by atoms with E-state index >= 15 is 0 Å². The third-order valence-corrected chi connectivity index (χ3v) is 7.09. The van der Waals surface area contributed by atoms with Gasteiger partial charge in [0.25, 0.3) is 0 Å². The van der Waals surface area contributed by atoms with Crippen molar-refractivity contribution in [2.75, 3.05) is 23.7 Å². The van der Waals surface area contributed by atoms with Gasteiger partial charge in [-0.05, 0) is 49.9 Å². The molecular formula is C27H36F3N3O4S. The normalized spacial score (nSPS) is 12.8. The maximum absolute atomic E-state index is 13.3. The largest absolute Gasteiger partial charge is 0.416 e. The lowest BCUT2D eigenvalue weighted by molar-refractivity contribution is -0.140. The third kappa shape index (κ3) is 9.34. The summed E-state index contributed by atoms with van der Waals surface area (Å²) >= 11 is 0. The van der Waals surface area contributed by atoms with Crippen molar-refractivity contribution in [1.82, 2.24) is 10.2 Å². The number of rotatable bonds is 12. The summed E-state index contributed by atoms with van der Waals surface area (Å²) in [5, 5.41) is 2.84. The molecule has 0 radical (unpaired) electrons. The minimum Gasteiger partial charge on any atom is -0.354 e. The van der Waals surface area contributed by atoms with E-state index in [9.17, 15) is 31.2 Å². The van der Waals surface area contributed by atoms with E-state index in [4.69, 9.17) is 0 Å². The molecule has 0 saturated heterocycles. The number of alkyl halides is 3. The molecular weight excluding hydrogens is 519 g/mol. The molecule has 2 rings (SSSR count). The first-order valence-electron chi connectivity index (χ1n) is 12.4. The van der Waals surface area contributed by atoms with Crippen molar-refractivity contribution in [1.29, 1.82) is 0 Å². The van der Waals surface area contributed by atoms with E-state index in [1.165, 1.54) is 11.0 Å². The van der Waals surface area contributed by atoms with Gasteiger partial charge in [-0.2, -0.15) is 13.2 Å². The molecule has 1 atom stereocenters. The first-order chi connectivity index (χ1) is 17.6. The fourth-order valence-corrected chi connectivity index (χ4v) is 4.84. The number of nitrogens with zero attached hydrogens (tertiary/aromatic N) is 2. The van der Waals surface area contributed by atoms with Gasteiger partial charge < -0.3 is 10.2 Å². The van der Waals surface area contributed by atoms with Crippen molar-refractivity contribution in [2.45, 2.75) is 59.3 Å². The Hall–Kier alpha value is -3.08. The fraction of sp³-hybridized carbons (Fsp3) is 0.481. The predicted octanol–water partition coefficient (Wildman–Crippen LogP) is 4.75. The van der Waals surface area contributed by atoms with Gasteiger partial charge in [0.15, 0.2) is 0 Å². The topological polar surface area (TPSA) is 86.8 Å². The van der Waals surface area contributed by atoms with Crippen molar-refractivity contribution in [2.24, 2.45) is 5.92 Å². The van der Waals surface area contributed by atoms with E-state index in [0.717, 1.165) is 39.9 Å². The van der Waals surface area contributed by atoms with Crippen LogP contribution in [0.2, 0.25) is 0 Å². The quantitative estimate of drug-likeness (QED) is 0.410. The molecule has 0 aromatic heterocycles. The highest BCUT2D eigenvalue weighted by atomic mass is 32.2. The van der Waals surface area contributed by atoms with Crippen molar-refractivity contribution >= 4 is 27.5 Å². The molecule has 38 heavy (non-hydrogen) atoms. The highest BCUT2D eigenvalue weighted by molar-refractivity contribution is 7.92.